The summed E-state index contributed by atoms with van der Waals surface area (Å²) in [7, 11) is -4.38. The number of unbranched alkanes of at least 4 members (excludes halogenated alkanes) is 31. The zero-order chi connectivity index (χ0) is 41.8. The Kier molecular flexibility index (Phi) is 43.3. The molecule has 9 nitrogen and oxygen atoms in total. The maximum absolute atomic E-state index is 12.6. The minimum atomic E-state index is -4.38. The molecule has 0 aromatic rings. The standard InChI is InChI=1S/C47H92NO8P/c1-3-5-7-9-11-13-15-17-19-20-21-22-23-24-26-27-29-31-33-35-37-39-46(49)53-43-45(44-55-57(51,52)54-42-41-48)56-47(50)40-38-36-34-32-30-28-25-18-16-14-12-10-8-6-4-2/h18,25,45H,3-17,19-24,26-44,48H2,1-2H3,(H,51,52)/b25-18-/t45-/m1/s1. The van der Waals surface area contributed by atoms with E-state index in [2.05, 4.69) is 26.0 Å². The van der Waals surface area contributed by atoms with Crippen molar-refractivity contribution in [3.8, 4) is 0 Å². The number of allylic oxidation sites excluding steroid dienone is 2. The molecule has 0 rings (SSSR count). The molecule has 0 aromatic heterocycles. The zero-order valence-electron chi connectivity index (χ0n) is 37.3. The number of hydrogen-bond acceptors (Lipinski definition) is 8. The molecular formula is C47H92NO8P. The number of esters is 2. The van der Waals surface area contributed by atoms with Crippen molar-refractivity contribution >= 4 is 19.8 Å². The van der Waals surface area contributed by atoms with E-state index in [0.29, 0.717) is 6.42 Å². The molecule has 338 valence electrons. The van der Waals surface area contributed by atoms with E-state index >= 15 is 0 Å². The average Bonchev–Trinajstić information content (AvgIpc) is 3.20. The maximum Gasteiger partial charge on any atom is 0.472 e. The number of phosphoric ester groups is 1. The second kappa shape index (κ2) is 44.3. The van der Waals surface area contributed by atoms with Crippen LogP contribution in [-0.4, -0.2) is 49.3 Å². The first kappa shape index (κ1) is 55.8. The fraction of sp³-hybridized carbons (Fsp3) is 0.915. The normalized spacial score (nSPS) is 13.3. The first-order chi connectivity index (χ1) is 27.8. The Morgan fingerprint density at radius 2 is 0.860 bits per heavy atom. The summed E-state index contributed by atoms with van der Waals surface area (Å²) in [5, 5.41) is 0. The van der Waals surface area contributed by atoms with Gasteiger partial charge in [-0.05, 0) is 38.5 Å². The molecule has 0 radical (unpaired) electrons. The van der Waals surface area contributed by atoms with E-state index in [4.69, 9.17) is 24.3 Å². The predicted molar refractivity (Wildman–Crippen MR) is 238 cm³/mol. The maximum atomic E-state index is 12.6. The molecule has 0 aromatic carbocycles. The fourth-order valence-electron chi connectivity index (χ4n) is 7.04. The number of nitrogens with two attached hydrogens (primary N) is 1. The van der Waals surface area contributed by atoms with Crippen LogP contribution in [0.15, 0.2) is 12.2 Å². The molecule has 10 heteroatoms. The van der Waals surface area contributed by atoms with Gasteiger partial charge in [0.1, 0.15) is 6.61 Å². The predicted octanol–water partition coefficient (Wildman–Crippen LogP) is 14.2. The summed E-state index contributed by atoms with van der Waals surface area (Å²) in [6, 6.07) is 0. The summed E-state index contributed by atoms with van der Waals surface area (Å²) in [5.74, 6) is -0.824. The Balaban J connectivity index is 4.02. The van der Waals surface area contributed by atoms with Gasteiger partial charge >= 0.3 is 19.8 Å². The topological polar surface area (TPSA) is 134 Å². The molecule has 2 atom stereocenters. The van der Waals surface area contributed by atoms with Crippen molar-refractivity contribution in [1.82, 2.24) is 0 Å². The van der Waals surface area contributed by atoms with Crippen molar-refractivity contribution in [3.05, 3.63) is 12.2 Å². The lowest BCUT2D eigenvalue weighted by Crippen LogP contribution is -2.29. The zero-order valence-corrected chi connectivity index (χ0v) is 38.2. The molecule has 0 aliphatic heterocycles. The molecule has 0 fully saturated rings. The minimum absolute atomic E-state index is 0.0550. The van der Waals surface area contributed by atoms with Gasteiger partial charge in [-0.1, -0.05) is 206 Å². The van der Waals surface area contributed by atoms with Gasteiger partial charge in [-0.3, -0.25) is 18.6 Å². The Morgan fingerprint density at radius 3 is 1.25 bits per heavy atom. The number of rotatable bonds is 46. The van der Waals surface area contributed by atoms with Crippen LogP contribution in [0.1, 0.15) is 245 Å². The molecule has 0 saturated heterocycles. The summed E-state index contributed by atoms with van der Waals surface area (Å²) in [4.78, 5) is 34.9. The van der Waals surface area contributed by atoms with Crippen molar-refractivity contribution in [2.24, 2.45) is 5.73 Å². The molecule has 0 spiro atoms. The van der Waals surface area contributed by atoms with Crippen LogP contribution >= 0.6 is 7.82 Å². The van der Waals surface area contributed by atoms with Crippen molar-refractivity contribution in [2.45, 2.75) is 251 Å². The number of carbonyl (C=O) groups is 2. The van der Waals surface area contributed by atoms with Gasteiger partial charge in [-0.25, -0.2) is 4.57 Å². The summed E-state index contributed by atoms with van der Waals surface area (Å²) in [6.45, 7) is 3.76. The number of hydrogen-bond donors (Lipinski definition) is 2. The van der Waals surface area contributed by atoms with E-state index in [1.54, 1.807) is 0 Å². The summed E-state index contributed by atoms with van der Waals surface area (Å²) in [5.41, 5.74) is 5.36. The van der Waals surface area contributed by atoms with E-state index in [1.807, 2.05) is 0 Å². The third kappa shape index (κ3) is 44.1. The quantitative estimate of drug-likeness (QED) is 0.0266. The van der Waals surface area contributed by atoms with Gasteiger partial charge in [0.25, 0.3) is 0 Å². The monoisotopic (exact) mass is 830 g/mol. The van der Waals surface area contributed by atoms with Crippen molar-refractivity contribution in [2.75, 3.05) is 26.4 Å². The van der Waals surface area contributed by atoms with Gasteiger partial charge in [-0.15, -0.1) is 0 Å². The molecule has 0 aliphatic rings. The second-order valence-corrected chi connectivity index (χ2v) is 17.8. The van der Waals surface area contributed by atoms with Gasteiger partial charge < -0.3 is 20.1 Å². The van der Waals surface area contributed by atoms with Crippen molar-refractivity contribution in [1.29, 1.82) is 0 Å². The van der Waals surface area contributed by atoms with E-state index < -0.39 is 26.5 Å². The summed E-state index contributed by atoms with van der Waals surface area (Å²) < 4.78 is 32.9. The van der Waals surface area contributed by atoms with E-state index in [-0.39, 0.29) is 38.6 Å². The van der Waals surface area contributed by atoms with E-state index in [1.165, 1.54) is 161 Å². The lowest BCUT2D eigenvalue weighted by molar-refractivity contribution is -0.161. The van der Waals surface area contributed by atoms with Gasteiger partial charge in [0.15, 0.2) is 6.10 Å². The molecule has 0 bridgehead atoms. The molecule has 57 heavy (non-hydrogen) atoms. The van der Waals surface area contributed by atoms with Gasteiger partial charge in [0.05, 0.1) is 13.2 Å². The molecule has 3 N–H and O–H groups in total. The second-order valence-electron chi connectivity index (χ2n) is 16.3. The Hall–Kier alpha value is -1.25. The van der Waals surface area contributed by atoms with Crippen LogP contribution in [0.2, 0.25) is 0 Å². The van der Waals surface area contributed by atoms with Crippen LogP contribution in [0, 0.1) is 0 Å². The molecule has 0 heterocycles. The third-order valence-electron chi connectivity index (χ3n) is 10.7. The first-order valence-electron chi connectivity index (χ1n) is 24.2. The lowest BCUT2D eigenvalue weighted by atomic mass is 10.0. The Morgan fingerprint density at radius 1 is 0.509 bits per heavy atom. The molecule has 0 saturated carbocycles. The number of phosphoric acid groups is 1. The minimum Gasteiger partial charge on any atom is -0.462 e. The highest BCUT2D eigenvalue weighted by Crippen LogP contribution is 2.43. The largest absolute Gasteiger partial charge is 0.472 e. The van der Waals surface area contributed by atoms with E-state index in [9.17, 15) is 19.0 Å². The molecule has 0 amide bonds. The van der Waals surface area contributed by atoms with E-state index in [0.717, 1.165) is 51.4 Å². The third-order valence-corrected chi connectivity index (χ3v) is 11.6. The summed E-state index contributed by atoms with van der Waals surface area (Å²) in [6.07, 6.45) is 46.8. The Labute approximate surface area is 351 Å². The highest BCUT2D eigenvalue weighted by atomic mass is 31.2. The number of carbonyl (C=O) groups excluding carboxylic acids is 2. The van der Waals surface area contributed by atoms with Gasteiger partial charge in [0, 0.05) is 19.4 Å². The van der Waals surface area contributed by atoms with Crippen LogP contribution in [0.4, 0.5) is 0 Å². The molecule has 1 unspecified atom stereocenters. The van der Waals surface area contributed by atoms with Gasteiger partial charge in [-0.2, -0.15) is 0 Å². The first-order valence-corrected chi connectivity index (χ1v) is 25.7. The average molecular weight is 830 g/mol. The fourth-order valence-corrected chi connectivity index (χ4v) is 7.81. The van der Waals surface area contributed by atoms with Crippen LogP contribution in [0.3, 0.4) is 0 Å². The van der Waals surface area contributed by atoms with Gasteiger partial charge in [0.2, 0.25) is 0 Å². The van der Waals surface area contributed by atoms with Crippen LogP contribution in [-0.2, 0) is 32.7 Å². The van der Waals surface area contributed by atoms with Crippen LogP contribution in [0.5, 0.6) is 0 Å². The van der Waals surface area contributed by atoms with Crippen molar-refractivity contribution < 1.29 is 37.6 Å². The smallest absolute Gasteiger partial charge is 0.462 e. The molecule has 0 aliphatic carbocycles. The molecular weight excluding hydrogens is 737 g/mol. The summed E-state index contributed by atoms with van der Waals surface area (Å²) >= 11 is 0. The lowest BCUT2D eigenvalue weighted by Gasteiger charge is -2.19. The van der Waals surface area contributed by atoms with Crippen LogP contribution < -0.4 is 5.73 Å². The van der Waals surface area contributed by atoms with Crippen molar-refractivity contribution in [3.63, 3.8) is 0 Å². The van der Waals surface area contributed by atoms with Crippen LogP contribution in [0.25, 0.3) is 0 Å². The SMILES string of the molecule is CCCCCCCC/C=C\CCCCCCCC(=O)O[C@H](COC(=O)CCCCCCCCCCCCCCCCCCCCCCC)COP(=O)(O)OCCN. The highest BCUT2D eigenvalue weighted by molar-refractivity contribution is 7.47. The Bertz CT molecular complexity index is 948. The highest BCUT2D eigenvalue weighted by Gasteiger charge is 2.26. The number of ether oxygens (including phenoxy) is 2.